The molecule has 0 saturated carbocycles. The van der Waals surface area contributed by atoms with Gasteiger partial charge in [0.2, 0.25) is 0 Å². The van der Waals surface area contributed by atoms with Crippen molar-refractivity contribution in [2.24, 2.45) is 0 Å². The number of aryl methyl sites for hydroxylation is 2. The van der Waals surface area contributed by atoms with E-state index in [-0.39, 0.29) is 9.79 Å². The first kappa shape index (κ1) is 25.7. The molecule has 12 heteroatoms. The predicted octanol–water partition coefficient (Wildman–Crippen LogP) is 0.878. The molecule has 10 nitrogen and oxygen atoms in total. The van der Waals surface area contributed by atoms with Crippen LogP contribution in [-0.2, 0) is 38.1 Å². The second kappa shape index (κ2) is 10.6. The summed E-state index contributed by atoms with van der Waals surface area (Å²) in [5.41, 5.74) is 1.74. The van der Waals surface area contributed by atoms with Gasteiger partial charge < -0.3 is 19.7 Å². The van der Waals surface area contributed by atoms with Crippen molar-refractivity contribution >= 4 is 20.2 Å². The Morgan fingerprint density at radius 3 is 1.39 bits per heavy atom. The summed E-state index contributed by atoms with van der Waals surface area (Å²) in [4.78, 5) is -0.138. The molecule has 1 fully saturated rings. The van der Waals surface area contributed by atoms with E-state index in [9.17, 15) is 27.0 Å². The van der Waals surface area contributed by atoms with E-state index in [1.54, 1.807) is 38.1 Å². The Kier molecular flexibility index (Phi) is 8.24. The molecule has 0 bridgehead atoms. The third-order valence-corrected chi connectivity index (χ3v) is 7.66. The van der Waals surface area contributed by atoms with Crippen LogP contribution < -0.4 is 0 Å². The highest BCUT2D eigenvalue weighted by atomic mass is 32.2. The van der Waals surface area contributed by atoms with Crippen molar-refractivity contribution in [3.05, 3.63) is 59.7 Å². The number of aliphatic hydroxyl groups is 2. The average Bonchev–Trinajstić information content (AvgIpc) is 2.90. The van der Waals surface area contributed by atoms with Gasteiger partial charge in [0.1, 0.15) is 31.2 Å². The first-order valence-corrected chi connectivity index (χ1v) is 12.8. The molecule has 0 radical (unpaired) electrons. The Balaban J connectivity index is 1.60. The molecule has 33 heavy (non-hydrogen) atoms. The zero-order valence-electron chi connectivity index (χ0n) is 18.0. The zero-order valence-corrected chi connectivity index (χ0v) is 19.7. The maximum atomic E-state index is 12.4. The van der Waals surface area contributed by atoms with Gasteiger partial charge in [0, 0.05) is 0 Å². The lowest BCUT2D eigenvalue weighted by Gasteiger charge is -2.25. The third-order valence-electron chi connectivity index (χ3n) is 5.07. The SMILES string of the molecule is Cc1ccc(S(=O)(=O)OC[C@H]2OCO[C@H](COS(=O)(=O)c3ccc(C)cc3)[C@@H](O)[C@@H]2O)cc1. The molecule has 0 unspecified atom stereocenters. The molecule has 2 N–H and O–H groups in total. The van der Waals surface area contributed by atoms with Crippen LogP contribution in [0.3, 0.4) is 0 Å². The van der Waals surface area contributed by atoms with Crippen molar-refractivity contribution in [3.8, 4) is 0 Å². The predicted molar refractivity (Wildman–Crippen MR) is 115 cm³/mol. The second-order valence-electron chi connectivity index (χ2n) is 7.61. The Morgan fingerprint density at radius 1 is 0.727 bits per heavy atom. The van der Waals surface area contributed by atoms with Crippen molar-refractivity contribution in [1.29, 1.82) is 0 Å². The van der Waals surface area contributed by atoms with Crippen molar-refractivity contribution in [3.63, 3.8) is 0 Å². The van der Waals surface area contributed by atoms with Gasteiger partial charge in [-0.05, 0) is 38.1 Å². The van der Waals surface area contributed by atoms with Crippen LogP contribution in [0.25, 0.3) is 0 Å². The van der Waals surface area contributed by atoms with Crippen LogP contribution in [0.4, 0.5) is 0 Å². The molecule has 182 valence electrons. The van der Waals surface area contributed by atoms with E-state index in [1.807, 2.05) is 0 Å². The topological polar surface area (TPSA) is 146 Å². The van der Waals surface area contributed by atoms with E-state index in [0.29, 0.717) is 0 Å². The minimum atomic E-state index is -4.12. The first-order chi connectivity index (χ1) is 15.5. The molecule has 1 heterocycles. The van der Waals surface area contributed by atoms with Gasteiger partial charge in [-0.3, -0.25) is 8.37 Å². The molecule has 3 rings (SSSR count). The lowest BCUT2D eigenvalue weighted by molar-refractivity contribution is -0.119. The number of benzene rings is 2. The highest BCUT2D eigenvalue weighted by Gasteiger charge is 2.38. The molecule has 0 spiro atoms. The van der Waals surface area contributed by atoms with Gasteiger partial charge in [0.15, 0.2) is 0 Å². The van der Waals surface area contributed by atoms with Crippen LogP contribution >= 0.6 is 0 Å². The number of rotatable bonds is 8. The normalized spacial score (nSPS) is 24.4. The standard InChI is InChI=1S/C21H26O10S2/c1-14-3-7-16(8-4-14)32(24,25)30-11-18-20(22)21(23)19(29-13-28-18)12-31-33(26,27)17-9-5-15(2)6-10-17/h3-10,18-23H,11-13H2,1-2H3/t18-,19-,20-,21-/m1/s1. The van der Waals surface area contributed by atoms with E-state index in [4.69, 9.17) is 17.8 Å². The lowest BCUT2D eigenvalue weighted by Crippen LogP contribution is -2.46. The summed E-state index contributed by atoms with van der Waals surface area (Å²) in [5.74, 6) is 0. The molecule has 2 aromatic carbocycles. The first-order valence-electron chi connectivity index (χ1n) is 10.0. The third kappa shape index (κ3) is 6.58. The van der Waals surface area contributed by atoms with Crippen LogP contribution in [-0.4, -0.2) is 71.5 Å². The minimum absolute atomic E-state index is 0.0689. The summed E-state index contributed by atoms with van der Waals surface area (Å²) in [6.45, 7) is 1.98. The molecular formula is C21H26O10S2. The van der Waals surface area contributed by atoms with Gasteiger partial charge in [-0.25, -0.2) is 0 Å². The van der Waals surface area contributed by atoms with Gasteiger partial charge in [0.25, 0.3) is 20.2 Å². The summed E-state index contributed by atoms with van der Waals surface area (Å²) in [7, 11) is -8.25. The van der Waals surface area contributed by atoms with E-state index < -0.39 is 64.7 Å². The molecule has 1 saturated heterocycles. The number of ether oxygens (including phenoxy) is 2. The van der Waals surface area contributed by atoms with Gasteiger partial charge in [-0.2, -0.15) is 16.8 Å². The molecule has 1 aliphatic heterocycles. The Morgan fingerprint density at radius 2 is 1.06 bits per heavy atom. The Hall–Kier alpha value is -1.90. The quantitative estimate of drug-likeness (QED) is 0.499. The Bertz CT molecular complexity index is 1040. The van der Waals surface area contributed by atoms with Crippen LogP contribution in [0, 0.1) is 13.8 Å². The molecule has 0 amide bonds. The van der Waals surface area contributed by atoms with Crippen LogP contribution in [0.15, 0.2) is 58.3 Å². The average molecular weight is 503 g/mol. The highest BCUT2D eigenvalue weighted by molar-refractivity contribution is 7.87. The van der Waals surface area contributed by atoms with E-state index in [2.05, 4.69) is 0 Å². The van der Waals surface area contributed by atoms with E-state index >= 15 is 0 Å². The van der Waals surface area contributed by atoms with Gasteiger partial charge >= 0.3 is 0 Å². The zero-order chi connectivity index (χ0) is 24.2. The molecule has 2 aromatic rings. The summed E-state index contributed by atoms with van der Waals surface area (Å²) < 4.78 is 69.9. The monoisotopic (exact) mass is 502 g/mol. The van der Waals surface area contributed by atoms with Crippen LogP contribution in [0.5, 0.6) is 0 Å². The van der Waals surface area contributed by atoms with Crippen LogP contribution in [0.2, 0.25) is 0 Å². The van der Waals surface area contributed by atoms with Gasteiger partial charge in [-0.15, -0.1) is 0 Å². The summed E-state index contributed by atoms with van der Waals surface area (Å²) in [6.07, 6.45) is -5.76. The van der Waals surface area contributed by atoms with Crippen molar-refractivity contribution in [2.75, 3.05) is 20.0 Å². The highest BCUT2D eigenvalue weighted by Crippen LogP contribution is 2.21. The van der Waals surface area contributed by atoms with E-state index in [1.165, 1.54) is 24.3 Å². The summed E-state index contributed by atoms with van der Waals surface area (Å²) in [5, 5.41) is 20.9. The van der Waals surface area contributed by atoms with Crippen LogP contribution in [0.1, 0.15) is 11.1 Å². The maximum Gasteiger partial charge on any atom is 0.297 e. The Labute approximate surface area is 192 Å². The minimum Gasteiger partial charge on any atom is -0.387 e. The van der Waals surface area contributed by atoms with Crippen molar-refractivity contribution in [1.82, 2.24) is 0 Å². The largest absolute Gasteiger partial charge is 0.387 e. The lowest BCUT2D eigenvalue weighted by atomic mass is 10.0. The molecule has 0 aromatic heterocycles. The van der Waals surface area contributed by atoms with Crippen molar-refractivity contribution < 1.29 is 44.9 Å². The van der Waals surface area contributed by atoms with Crippen molar-refractivity contribution in [2.45, 2.75) is 48.1 Å². The summed E-state index contributed by atoms with van der Waals surface area (Å²) >= 11 is 0. The molecule has 1 aliphatic rings. The molecule has 0 aliphatic carbocycles. The molecule has 4 atom stereocenters. The smallest absolute Gasteiger partial charge is 0.297 e. The number of aliphatic hydroxyl groups excluding tert-OH is 2. The fourth-order valence-corrected chi connectivity index (χ4v) is 4.84. The number of hydrogen-bond donors (Lipinski definition) is 2. The fraction of sp³-hybridized carbons (Fsp3) is 0.429. The number of hydrogen-bond acceptors (Lipinski definition) is 10. The summed E-state index contributed by atoms with van der Waals surface area (Å²) in [6, 6.07) is 12.0. The fourth-order valence-electron chi connectivity index (χ4n) is 3.00. The molecular weight excluding hydrogens is 476 g/mol. The van der Waals surface area contributed by atoms with Gasteiger partial charge in [0.05, 0.1) is 23.0 Å². The maximum absolute atomic E-state index is 12.4. The van der Waals surface area contributed by atoms with E-state index in [0.717, 1.165) is 11.1 Å². The second-order valence-corrected chi connectivity index (χ2v) is 10.8. The van der Waals surface area contributed by atoms with Gasteiger partial charge in [-0.1, -0.05) is 35.4 Å².